The zero-order valence-electron chi connectivity index (χ0n) is 11.3. The number of hydrogen-bond acceptors (Lipinski definition) is 4. The Labute approximate surface area is 131 Å². The highest BCUT2D eigenvalue weighted by molar-refractivity contribution is 7.16. The third-order valence-corrected chi connectivity index (χ3v) is 4.15. The standard InChI is InChI=1S/C15H13ClN2O2S/c1-10(13-4-5-14(16)21-13)18-15(20)12-6-7-17-9-11(12)3-2-8-19/h4-7,9-10,19H,8H2,1H3,(H,18,20). The van der Waals surface area contributed by atoms with E-state index in [4.69, 9.17) is 16.7 Å². The normalized spacial score (nSPS) is 11.4. The summed E-state index contributed by atoms with van der Waals surface area (Å²) in [6, 6.07) is 5.14. The van der Waals surface area contributed by atoms with Crippen molar-refractivity contribution in [2.24, 2.45) is 0 Å². The molecule has 0 saturated heterocycles. The van der Waals surface area contributed by atoms with Gasteiger partial charge in [0.1, 0.15) is 6.61 Å². The Bertz CT molecular complexity index is 703. The van der Waals surface area contributed by atoms with Crippen molar-refractivity contribution < 1.29 is 9.90 Å². The molecule has 0 aliphatic rings. The molecule has 2 aromatic heterocycles. The molecule has 0 bridgehead atoms. The van der Waals surface area contributed by atoms with E-state index < -0.39 is 0 Å². The number of hydrogen-bond donors (Lipinski definition) is 2. The quantitative estimate of drug-likeness (QED) is 0.855. The van der Waals surface area contributed by atoms with Gasteiger partial charge < -0.3 is 10.4 Å². The highest BCUT2D eigenvalue weighted by atomic mass is 35.5. The zero-order valence-corrected chi connectivity index (χ0v) is 12.8. The van der Waals surface area contributed by atoms with Crippen molar-refractivity contribution in [3.05, 3.63) is 50.9 Å². The molecule has 21 heavy (non-hydrogen) atoms. The molecule has 0 fully saturated rings. The molecule has 0 aliphatic heterocycles. The average Bonchev–Trinajstić information content (AvgIpc) is 2.92. The Morgan fingerprint density at radius 3 is 3.00 bits per heavy atom. The number of nitrogens with zero attached hydrogens (tertiary/aromatic N) is 1. The maximum absolute atomic E-state index is 12.3. The predicted molar refractivity (Wildman–Crippen MR) is 83.4 cm³/mol. The van der Waals surface area contributed by atoms with E-state index in [-0.39, 0.29) is 18.6 Å². The van der Waals surface area contributed by atoms with E-state index in [9.17, 15) is 4.79 Å². The van der Waals surface area contributed by atoms with Crippen molar-refractivity contribution in [2.45, 2.75) is 13.0 Å². The number of carbonyl (C=O) groups is 1. The minimum Gasteiger partial charge on any atom is -0.384 e. The maximum Gasteiger partial charge on any atom is 0.253 e. The summed E-state index contributed by atoms with van der Waals surface area (Å²) in [7, 11) is 0. The second kappa shape index (κ2) is 7.23. The first kappa shape index (κ1) is 15.5. The van der Waals surface area contributed by atoms with Crippen LogP contribution in [-0.4, -0.2) is 22.6 Å². The molecule has 0 spiro atoms. The summed E-state index contributed by atoms with van der Waals surface area (Å²) in [5, 5.41) is 11.6. The number of pyridine rings is 1. The number of aliphatic hydroxyl groups excluding tert-OH is 1. The van der Waals surface area contributed by atoms with Crippen molar-refractivity contribution in [2.75, 3.05) is 6.61 Å². The number of carbonyl (C=O) groups excluding carboxylic acids is 1. The summed E-state index contributed by atoms with van der Waals surface area (Å²) in [6.07, 6.45) is 3.04. The molecule has 108 valence electrons. The Balaban J connectivity index is 2.17. The first-order valence-corrected chi connectivity index (χ1v) is 7.41. The highest BCUT2D eigenvalue weighted by Gasteiger charge is 2.15. The Kier molecular flexibility index (Phi) is 5.34. The predicted octanol–water partition coefficient (Wildman–Crippen LogP) is 2.63. The van der Waals surface area contributed by atoms with Crippen molar-refractivity contribution in [1.29, 1.82) is 0 Å². The van der Waals surface area contributed by atoms with Gasteiger partial charge in [-0.25, -0.2) is 0 Å². The first-order valence-electron chi connectivity index (χ1n) is 6.21. The summed E-state index contributed by atoms with van der Waals surface area (Å²) in [5.41, 5.74) is 0.918. The molecule has 1 amide bonds. The molecule has 2 aromatic rings. The van der Waals surface area contributed by atoms with Gasteiger partial charge in [-0.3, -0.25) is 9.78 Å². The van der Waals surface area contributed by atoms with Crippen LogP contribution >= 0.6 is 22.9 Å². The Hall–Kier alpha value is -1.87. The molecule has 0 aliphatic carbocycles. The van der Waals surface area contributed by atoms with Crippen LogP contribution < -0.4 is 5.32 Å². The third-order valence-electron chi connectivity index (χ3n) is 2.74. The molecule has 2 rings (SSSR count). The molecule has 2 N–H and O–H groups in total. The molecule has 0 radical (unpaired) electrons. The van der Waals surface area contributed by atoms with E-state index in [2.05, 4.69) is 22.1 Å². The van der Waals surface area contributed by atoms with Crippen LogP contribution in [0.15, 0.2) is 30.6 Å². The highest BCUT2D eigenvalue weighted by Crippen LogP contribution is 2.26. The number of thiophene rings is 1. The molecule has 0 aromatic carbocycles. The zero-order chi connectivity index (χ0) is 15.2. The first-order chi connectivity index (χ1) is 10.1. The van der Waals surface area contributed by atoms with Gasteiger partial charge in [0.15, 0.2) is 0 Å². The lowest BCUT2D eigenvalue weighted by Gasteiger charge is -2.12. The van der Waals surface area contributed by atoms with Crippen LogP contribution in [-0.2, 0) is 0 Å². The van der Waals surface area contributed by atoms with E-state index in [1.165, 1.54) is 23.7 Å². The fraction of sp³-hybridized carbons (Fsp3) is 0.200. The summed E-state index contributed by atoms with van der Waals surface area (Å²) in [6.45, 7) is 1.63. The molecule has 2 heterocycles. The van der Waals surface area contributed by atoms with Crippen LogP contribution in [0.5, 0.6) is 0 Å². The minimum atomic E-state index is -0.264. The number of nitrogens with one attached hydrogen (secondary N) is 1. The van der Waals surface area contributed by atoms with Crippen LogP contribution in [0.1, 0.15) is 33.8 Å². The summed E-state index contributed by atoms with van der Waals surface area (Å²) in [5.74, 6) is 5.00. The molecular formula is C15H13ClN2O2S. The van der Waals surface area contributed by atoms with Crippen molar-refractivity contribution in [3.8, 4) is 11.8 Å². The number of amides is 1. The topological polar surface area (TPSA) is 62.2 Å². The monoisotopic (exact) mass is 320 g/mol. The van der Waals surface area contributed by atoms with Gasteiger partial charge in [-0.15, -0.1) is 11.3 Å². The summed E-state index contributed by atoms with van der Waals surface area (Å²) >= 11 is 7.32. The second-order valence-electron chi connectivity index (χ2n) is 4.22. The third kappa shape index (κ3) is 4.05. The van der Waals surface area contributed by atoms with Gasteiger partial charge in [0.2, 0.25) is 0 Å². The Morgan fingerprint density at radius 1 is 1.52 bits per heavy atom. The van der Waals surface area contributed by atoms with Crippen molar-refractivity contribution >= 4 is 28.8 Å². The molecule has 6 heteroatoms. The van der Waals surface area contributed by atoms with E-state index >= 15 is 0 Å². The molecular weight excluding hydrogens is 308 g/mol. The van der Waals surface area contributed by atoms with Crippen LogP contribution in [0.4, 0.5) is 0 Å². The second-order valence-corrected chi connectivity index (χ2v) is 5.96. The molecule has 1 atom stereocenters. The van der Waals surface area contributed by atoms with Crippen LogP contribution in [0.3, 0.4) is 0 Å². The summed E-state index contributed by atoms with van der Waals surface area (Å²) < 4.78 is 0.685. The smallest absolute Gasteiger partial charge is 0.253 e. The van der Waals surface area contributed by atoms with E-state index in [1.807, 2.05) is 13.0 Å². The van der Waals surface area contributed by atoms with Gasteiger partial charge in [0.25, 0.3) is 5.91 Å². The number of rotatable bonds is 3. The van der Waals surface area contributed by atoms with Gasteiger partial charge in [0, 0.05) is 17.3 Å². The largest absolute Gasteiger partial charge is 0.384 e. The van der Waals surface area contributed by atoms with Crippen LogP contribution in [0, 0.1) is 11.8 Å². The van der Waals surface area contributed by atoms with Gasteiger partial charge in [-0.05, 0) is 25.1 Å². The molecule has 0 saturated carbocycles. The fourth-order valence-corrected chi connectivity index (χ4v) is 2.80. The van der Waals surface area contributed by atoms with Crippen molar-refractivity contribution in [3.63, 3.8) is 0 Å². The van der Waals surface area contributed by atoms with Crippen LogP contribution in [0.2, 0.25) is 4.34 Å². The number of aliphatic hydroxyl groups is 1. The van der Waals surface area contributed by atoms with Crippen molar-refractivity contribution in [1.82, 2.24) is 10.3 Å². The van der Waals surface area contributed by atoms with E-state index in [1.54, 1.807) is 12.1 Å². The Morgan fingerprint density at radius 2 is 2.33 bits per heavy atom. The van der Waals surface area contributed by atoms with Crippen LogP contribution in [0.25, 0.3) is 0 Å². The van der Waals surface area contributed by atoms with Gasteiger partial charge in [-0.2, -0.15) is 0 Å². The van der Waals surface area contributed by atoms with Gasteiger partial charge in [-0.1, -0.05) is 23.4 Å². The fourth-order valence-electron chi connectivity index (χ4n) is 1.73. The minimum absolute atomic E-state index is 0.151. The van der Waals surface area contributed by atoms with Gasteiger partial charge >= 0.3 is 0 Å². The lowest BCUT2D eigenvalue weighted by atomic mass is 10.1. The average molecular weight is 321 g/mol. The molecule has 1 unspecified atom stereocenters. The number of halogens is 1. The van der Waals surface area contributed by atoms with Gasteiger partial charge in [0.05, 0.1) is 21.5 Å². The molecule has 4 nitrogen and oxygen atoms in total. The number of aromatic nitrogens is 1. The van der Waals surface area contributed by atoms with E-state index in [0.29, 0.717) is 15.5 Å². The lowest BCUT2D eigenvalue weighted by molar-refractivity contribution is 0.0940. The summed E-state index contributed by atoms with van der Waals surface area (Å²) in [4.78, 5) is 17.2. The maximum atomic E-state index is 12.3. The SMILES string of the molecule is CC(NC(=O)c1ccncc1C#CCO)c1ccc(Cl)s1. The lowest BCUT2D eigenvalue weighted by Crippen LogP contribution is -2.26. The van der Waals surface area contributed by atoms with E-state index in [0.717, 1.165) is 4.88 Å².